The third-order valence-corrected chi connectivity index (χ3v) is 5.09. The Morgan fingerprint density at radius 3 is 2.55 bits per heavy atom. The molecule has 1 aromatic heterocycles. The minimum atomic E-state index is -1.01. The standard InChI is InChI=1S/C26H27NO4/c1-4-21-14-16-27(24(21)25(28)22-12-10-18(2)11-13-22)15-6-8-20-7-5-9-23(17-20)31-19(3)26(29)30/h5-14,16-17,19H,4,15H2,1-3H3,(H,29,30)/b8-6+/t19-/m0/s1. The molecule has 0 radical (unpaired) electrons. The summed E-state index contributed by atoms with van der Waals surface area (Å²) in [5.41, 5.74) is 4.43. The average molecular weight is 418 g/mol. The van der Waals surface area contributed by atoms with Crippen molar-refractivity contribution in [2.45, 2.75) is 39.8 Å². The molecule has 0 aliphatic heterocycles. The van der Waals surface area contributed by atoms with E-state index >= 15 is 0 Å². The van der Waals surface area contributed by atoms with E-state index in [-0.39, 0.29) is 5.78 Å². The molecule has 0 unspecified atom stereocenters. The lowest BCUT2D eigenvalue weighted by Gasteiger charge is -2.11. The fraction of sp³-hybridized carbons (Fsp3) is 0.231. The van der Waals surface area contributed by atoms with Crippen LogP contribution in [0.4, 0.5) is 0 Å². The number of ether oxygens (including phenoxy) is 1. The maximum Gasteiger partial charge on any atom is 0.344 e. The molecule has 0 saturated carbocycles. The number of aliphatic carboxylic acids is 1. The van der Waals surface area contributed by atoms with Crippen molar-refractivity contribution in [3.8, 4) is 5.75 Å². The Kier molecular flexibility index (Phi) is 7.08. The van der Waals surface area contributed by atoms with E-state index in [1.165, 1.54) is 6.92 Å². The Morgan fingerprint density at radius 1 is 1.13 bits per heavy atom. The van der Waals surface area contributed by atoms with E-state index in [0.717, 1.165) is 23.1 Å². The number of carbonyl (C=O) groups is 2. The summed E-state index contributed by atoms with van der Waals surface area (Å²) in [5.74, 6) is -0.485. The highest BCUT2D eigenvalue weighted by atomic mass is 16.5. The van der Waals surface area contributed by atoms with Gasteiger partial charge in [-0.05, 0) is 49.6 Å². The number of nitrogens with zero attached hydrogens (tertiary/aromatic N) is 1. The van der Waals surface area contributed by atoms with Crippen LogP contribution < -0.4 is 4.74 Å². The van der Waals surface area contributed by atoms with Crippen LogP contribution in [0.3, 0.4) is 0 Å². The number of hydrogen-bond acceptors (Lipinski definition) is 3. The quantitative estimate of drug-likeness (QED) is 0.489. The zero-order valence-electron chi connectivity index (χ0n) is 18.0. The molecule has 2 aromatic carbocycles. The SMILES string of the molecule is CCc1ccn(C/C=C/c2cccc(O[C@@H](C)C(=O)O)c2)c1C(=O)c1ccc(C)cc1. The van der Waals surface area contributed by atoms with E-state index in [0.29, 0.717) is 23.6 Å². The van der Waals surface area contributed by atoms with Crippen molar-refractivity contribution in [2.75, 3.05) is 0 Å². The zero-order valence-corrected chi connectivity index (χ0v) is 18.0. The molecule has 1 N–H and O–H groups in total. The summed E-state index contributed by atoms with van der Waals surface area (Å²) < 4.78 is 7.39. The summed E-state index contributed by atoms with van der Waals surface area (Å²) in [7, 11) is 0. The van der Waals surface area contributed by atoms with Crippen molar-refractivity contribution in [2.24, 2.45) is 0 Å². The van der Waals surface area contributed by atoms with Gasteiger partial charge in [-0.3, -0.25) is 4.79 Å². The van der Waals surface area contributed by atoms with E-state index < -0.39 is 12.1 Å². The van der Waals surface area contributed by atoms with Gasteiger partial charge in [0, 0.05) is 18.3 Å². The minimum Gasteiger partial charge on any atom is -0.479 e. The highest BCUT2D eigenvalue weighted by Gasteiger charge is 2.17. The summed E-state index contributed by atoms with van der Waals surface area (Å²) in [6, 6.07) is 16.9. The number of benzene rings is 2. The molecule has 160 valence electrons. The van der Waals surface area contributed by atoms with Crippen LogP contribution in [0.1, 0.15) is 46.6 Å². The predicted molar refractivity (Wildman–Crippen MR) is 122 cm³/mol. The van der Waals surface area contributed by atoms with E-state index in [9.17, 15) is 9.59 Å². The van der Waals surface area contributed by atoms with Crippen LogP contribution in [0.25, 0.3) is 6.08 Å². The van der Waals surface area contributed by atoms with Gasteiger partial charge >= 0.3 is 5.97 Å². The van der Waals surface area contributed by atoms with Gasteiger partial charge in [0.15, 0.2) is 6.10 Å². The highest BCUT2D eigenvalue weighted by Crippen LogP contribution is 2.19. The molecule has 0 saturated heterocycles. The average Bonchev–Trinajstić information content (AvgIpc) is 3.17. The first-order valence-corrected chi connectivity index (χ1v) is 10.3. The topological polar surface area (TPSA) is 68.5 Å². The second kappa shape index (κ2) is 9.94. The van der Waals surface area contributed by atoms with Gasteiger partial charge < -0.3 is 14.4 Å². The predicted octanol–water partition coefficient (Wildman–Crippen LogP) is 5.16. The fourth-order valence-corrected chi connectivity index (χ4v) is 3.32. The molecule has 0 bridgehead atoms. The number of aromatic nitrogens is 1. The number of carboxylic acid groups (broad SMARTS) is 1. The summed E-state index contributed by atoms with van der Waals surface area (Å²) in [5, 5.41) is 9.00. The van der Waals surface area contributed by atoms with Crippen LogP contribution in [0, 0.1) is 6.92 Å². The molecule has 3 aromatic rings. The van der Waals surface area contributed by atoms with Gasteiger partial charge in [-0.15, -0.1) is 0 Å². The Bertz CT molecular complexity index is 1090. The molecule has 0 fully saturated rings. The molecule has 0 aliphatic carbocycles. The first kappa shape index (κ1) is 22.1. The van der Waals surface area contributed by atoms with Crippen molar-refractivity contribution in [3.05, 3.63) is 94.8 Å². The molecule has 5 nitrogen and oxygen atoms in total. The first-order chi connectivity index (χ1) is 14.9. The molecule has 0 aliphatic rings. The Labute approximate surface area is 182 Å². The molecule has 0 spiro atoms. The van der Waals surface area contributed by atoms with Crippen LogP contribution in [-0.4, -0.2) is 27.5 Å². The van der Waals surface area contributed by atoms with E-state index in [1.807, 2.05) is 79.2 Å². The van der Waals surface area contributed by atoms with Crippen LogP contribution in [0.2, 0.25) is 0 Å². The lowest BCUT2D eigenvalue weighted by molar-refractivity contribution is -0.144. The number of hydrogen-bond donors (Lipinski definition) is 1. The van der Waals surface area contributed by atoms with Crippen molar-refractivity contribution in [1.29, 1.82) is 0 Å². The summed E-state index contributed by atoms with van der Waals surface area (Å²) in [6.07, 6.45) is 5.72. The molecule has 0 amide bonds. The normalized spacial score (nSPS) is 12.1. The third kappa shape index (κ3) is 5.51. The monoisotopic (exact) mass is 417 g/mol. The summed E-state index contributed by atoms with van der Waals surface area (Å²) in [4.78, 5) is 24.1. The highest BCUT2D eigenvalue weighted by molar-refractivity contribution is 6.09. The second-order valence-electron chi connectivity index (χ2n) is 7.46. The van der Waals surface area contributed by atoms with Gasteiger partial charge in [0.25, 0.3) is 0 Å². The number of carbonyl (C=O) groups excluding carboxylic acids is 1. The maximum absolute atomic E-state index is 13.1. The fourth-order valence-electron chi connectivity index (χ4n) is 3.32. The summed E-state index contributed by atoms with van der Waals surface area (Å²) >= 11 is 0. The third-order valence-electron chi connectivity index (χ3n) is 5.09. The first-order valence-electron chi connectivity index (χ1n) is 10.3. The minimum absolute atomic E-state index is 0.0216. The molecular weight excluding hydrogens is 390 g/mol. The van der Waals surface area contributed by atoms with Crippen LogP contribution in [-0.2, 0) is 17.8 Å². The smallest absolute Gasteiger partial charge is 0.344 e. The number of carboxylic acids is 1. The van der Waals surface area contributed by atoms with Gasteiger partial charge in [-0.2, -0.15) is 0 Å². The molecule has 1 heterocycles. The van der Waals surface area contributed by atoms with Crippen LogP contribution in [0.5, 0.6) is 5.75 Å². The molecule has 31 heavy (non-hydrogen) atoms. The molecular formula is C26H27NO4. The van der Waals surface area contributed by atoms with Gasteiger partial charge in [0.05, 0.1) is 5.69 Å². The van der Waals surface area contributed by atoms with Crippen molar-refractivity contribution < 1.29 is 19.4 Å². The number of ketones is 1. The molecule has 5 heteroatoms. The van der Waals surface area contributed by atoms with E-state index in [4.69, 9.17) is 9.84 Å². The second-order valence-corrected chi connectivity index (χ2v) is 7.46. The Hall–Kier alpha value is -3.60. The number of aryl methyl sites for hydroxylation is 2. The maximum atomic E-state index is 13.1. The number of rotatable bonds is 9. The van der Waals surface area contributed by atoms with Gasteiger partial charge in [0.2, 0.25) is 5.78 Å². The lowest BCUT2D eigenvalue weighted by Crippen LogP contribution is -2.22. The Morgan fingerprint density at radius 2 is 1.87 bits per heavy atom. The summed E-state index contributed by atoms with van der Waals surface area (Å²) in [6.45, 7) is 6.09. The molecule has 3 rings (SSSR count). The van der Waals surface area contributed by atoms with E-state index in [1.54, 1.807) is 12.1 Å². The Balaban J connectivity index is 1.77. The van der Waals surface area contributed by atoms with Crippen molar-refractivity contribution in [3.63, 3.8) is 0 Å². The van der Waals surface area contributed by atoms with Gasteiger partial charge in [-0.1, -0.05) is 61.0 Å². The van der Waals surface area contributed by atoms with Gasteiger partial charge in [0.1, 0.15) is 5.75 Å². The zero-order chi connectivity index (χ0) is 22.4. The largest absolute Gasteiger partial charge is 0.479 e. The number of allylic oxidation sites excluding steroid dienone is 1. The van der Waals surface area contributed by atoms with Crippen molar-refractivity contribution in [1.82, 2.24) is 4.57 Å². The van der Waals surface area contributed by atoms with Crippen LogP contribution in [0.15, 0.2) is 66.9 Å². The lowest BCUT2D eigenvalue weighted by atomic mass is 10.0. The van der Waals surface area contributed by atoms with E-state index in [2.05, 4.69) is 0 Å². The van der Waals surface area contributed by atoms with Gasteiger partial charge in [-0.25, -0.2) is 4.79 Å². The van der Waals surface area contributed by atoms with Crippen molar-refractivity contribution >= 4 is 17.8 Å². The van der Waals surface area contributed by atoms with Crippen LogP contribution >= 0.6 is 0 Å². The molecule has 1 atom stereocenters.